The number of benzene rings is 1. The number of phenolic OH excluding ortho intramolecular Hbond substituents is 1. The van der Waals surface area contributed by atoms with Crippen molar-refractivity contribution in [3.8, 4) is 17.2 Å². The number of hydrazone groups is 1. The number of furan rings is 1. The lowest BCUT2D eigenvalue weighted by Gasteiger charge is -2.02. The molecule has 1 amide bonds. The third-order valence-electron chi connectivity index (χ3n) is 3.02. The first kappa shape index (κ1) is 16.5. The second-order valence-electron chi connectivity index (χ2n) is 4.67. The lowest BCUT2D eigenvalue weighted by Crippen LogP contribution is -2.18. The van der Waals surface area contributed by atoms with E-state index in [2.05, 4.69) is 52.6 Å². The molecular weight excluding hydrogens is 444 g/mol. The van der Waals surface area contributed by atoms with E-state index in [0.717, 1.165) is 4.47 Å². The molecule has 122 valence electrons. The first-order chi connectivity index (χ1) is 11.5. The summed E-state index contributed by atoms with van der Waals surface area (Å²) in [5.74, 6) is 0.110. The Morgan fingerprint density at radius 3 is 2.96 bits per heavy atom. The first-order valence-electron chi connectivity index (χ1n) is 6.65. The Morgan fingerprint density at radius 1 is 1.38 bits per heavy atom. The molecule has 0 saturated heterocycles. The molecule has 3 aromatic rings. The van der Waals surface area contributed by atoms with Crippen LogP contribution in [0.3, 0.4) is 0 Å². The van der Waals surface area contributed by atoms with Crippen LogP contribution in [0.15, 0.2) is 55.1 Å². The quantitative estimate of drug-likeness (QED) is 0.414. The van der Waals surface area contributed by atoms with Gasteiger partial charge in [0.05, 0.1) is 17.0 Å². The highest BCUT2D eigenvalue weighted by atomic mass is 79.9. The summed E-state index contributed by atoms with van der Waals surface area (Å²) in [5, 5.41) is 20.4. The Hall–Kier alpha value is -2.39. The van der Waals surface area contributed by atoms with Gasteiger partial charge < -0.3 is 9.52 Å². The number of H-pyrrole nitrogens is 1. The Labute approximate surface area is 153 Å². The fourth-order valence-corrected chi connectivity index (χ4v) is 3.16. The number of rotatable bonds is 4. The second-order valence-corrected chi connectivity index (χ2v) is 6.44. The summed E-state index contributed by atoms with van der Waals surface area (Å²) < 4.78 is 6.49. The van der Waals surface area contributed by atoms with E-state index in [1.165, 1.54) is 12.5 Å². The van der Waals surface area contributed by atoms with Gasteiger partial charge in [-0.1, -0.05) is 15.9 Å². The van der Waals surface area contributed by atoms with Crippen molar-refractivity contribution in [2.75, 3.05) is 0 Å². The van der Waals surface area contributed by atoms with E-state index in [9.17, 15) is 9.90 Å². The average Bonchev–Trinajstić information content (AvgIpc) is 3.22. The highest BCUT2D eigenvalue weighted by molar-refractivity contribution is 9.11. The average molecular weight is 454 g/mol. The van der Waals surface area contributed by atoms with Crippen molar-refractivity contribution in [2.45, 2.75) is 0 Å². The highest BCUT2D eigenvalue weighted by Crippen LogP contribution is 2.30. The molecule has 3 rings (SSSR count). The minimum atomic E-state index is -0.492. The largest absolute Gasteiger partial charge is 0.506 e. The number of amides is 1. The molecule has 0 aliphatic carbocycles. The van der Waals surface area contributed by atoms with Crippen LogP contribution >= 0.6 is 31.9 Å². The van der Waals surface area contributed by atoms with Crippen molar-refractivity contribution < 1.29 is 14.3 Å². The number of aromatic amines is 1. The number of aromatic hydroxyl groups is 1. The summed E-state index contributed by atoms with van der Waals surface area (Å²) in [6, 6.07) is 8.41. The molecule has 0 saturated carbocycles. The minimum absolute atomic E-state index is 0.0241. The number of phenols is 1. The molecule has 0 atom stereocenters. The smallest absolute Gasteiger partial charge is 0.291 e. The molecule has 1 aromatic carbocycles. The van der Waals surface area contributed by atoms with E-state index in [1.807, 2.05) is 0 Å². The van der Waals surface area contributed by atoms with Gasteiger partial charge in [0.15, 0.2) is 11.5 Å². The summed E-state index contributed by atoms with van der Waals surface area (Å²) >= 11 is 6.54. The molecule has 2 heterocycles. The second kappa shape index (κ2) is 7.02. The molecule has 0 fully saturated rings. The standard InChI is InChI=1S/C15H10Br2N4O3/c16-9-4-8(14(22)10(17)5-9)7-18-21-15(23)12-6-11(19-20-12)13-2-1-3-24-13/h1-7,22H,(H,19,20)(H,21,23)/b18-7+. The van der Waals surface area contributed by atoms with Crippen molar-refractivity contribution in [3.63, 3.8) is 0 Å². The molecular formula is C15H10Br2N4O3. The lowest BCUT2D eigenvalue weighted by atomic mass is 10.2. The van der Waals surface area contributed by atoms with Crippen LogP contribution < -0.4 is 5.43 Å². The molecule has 24 heavy (non-hydrogen) atoms. The molecule has 3 N–H and O–H groups in total. The van der Waals surface area contributed by atoms with Gasteiger partial charge in [-0.3, -0.25) is 9.89 Å². The van der Waals surface area contributed by atoms with Gasteiger partial charge in [-0.2, -0.15) is 10.2 Å². The Kier molecular flexibility index (Phi) is 4.81. The molecule has 2 aromatic heterocycles. The van der Waals surface area contributed by atoms with Gasteiger partial charge in [0.1, 0.15) is 11.4 Å². The fraction of sp³-hybridized carbons (Fsp3) is 0. The Morgan fingerprint density at radius 2 is 2.21 bits per heavy atom. The van der Waals surface area contributed by atoms with Gasteiger partial charge in [0, 0.05) is 16.1 Å². The zero-order valence-electron chi connectivity index (χ0n) is 12.0. The molecule has 0 aliphatic rings. The van der Waals surface area contributed by atoms with Crippen molar-refractivity contribution in [2.24, 2.45) is 5.10 Å². The van der Waals surface area contributed by atoms with E-state index in [0.29, 0.717) is 21.5 Å². The van der Waals surface area contributed by atoms with Crippen molar-refractivity contribution in [1.82, 2.24) is 15.6 Å². The predicted octanol–water partition coefficient (Wildman–Crippen LogP) is 3.66. The van der Waals surface area contributed by atoms with Crippen LogP contribution in [-0.2, 0) is 0 Å². The van der Waals surface area contributed by atoms with Gasteiger partial charge in [-0.15, -0.1) is 0 Å². The molecule has 0 radical (unpaired) electrons. The number of hydrogen-bond donors (Lipinski definition) is 3. The molecule has 7 nitrogen and oxygen atoms in total. The maximum Gasteiger partial charge on any atom is 0.291 e. The lowest BCUT2D eigenvalue weighted by molar-refractivity contribution is 0.0950. The van der Waals surface area contributed by atoms with E-state index in [4.69, 9.17) is 4.42 Å². The molecule has 0 spiro atoms. The van der Waals surface area contributed by atoms with Gasteiger partial charge in [0.2, 0.25) is 0 Å². The topological polar surface area (TPSA) is 104 Å². The molecule has 0 aliphatic heterocycles. The number of nitrogens with zero attached hydrogens (tertiary/aromatic N) is 2. The fourth-order valence-electron chi connectivity index (χ4n) is 1.90. The number of nitrogens with one attached hydrogen (secondary N) is 2. The number of carbonyl (C=O) groups excluding carboxylic acids is 1. The maximum absolute atomic E-state index is 12.0. The van der Waals surface area contributed by atoms with E-state index in [-0.39, 0.29) is 11.4 Å². The van der Waals surface area contributed by atoms with Gasteiger partial charge in [-0.25, -0.2) is 5.43 Å². The van der Waals surface area contributed by atoms with Crippen LogP contribution in [0.2, 0.25) is 0 Å². The Balaban J connectivity index is 1.70. The van der Waals surface area contributed by atoms with Gasteiger partial charge >= 0.3 is 0 Å². The predicted molar refractivity (Wildman–Crippen MR) is 94.9 cm³/mol. The minimum Gasteiger partial charge on any atom is -0.506 e. The third kappa shape index (κ3) is 3.57. The van der Waals surface area contributed by atoms with Crippen LogP contribution in [0.1, 0.15) is 16.1 Å². The van der Waals surface area contributed by atoms with Crippen molar-refractivity contribution in [1.29, 1.82) is 0 Å². The highest BCUT2D eigenvalue weighted by Gasteiger charge is 2.12. The van der Waals surface area contributed by atoms with Crippen LogP contribution in [0.5, 0.6) is 5.75 Å². The van der Waals surface area contributed by atoms with Crippen LogP contribution in [0, 0.1) is 0 Å². The summed E-state index contributed by atoms with van der Waals surface area (Å²) in [4.78, 5) is 12.0. The maximum atomic E-state index is 12.0. The van der Waals surface area contributed by atoms with Gasteiger partial charge in [0.25, 0.3) is 5.91 Å². The zero-order chi connectivity index (χ0) is 17.1. The zero-order valence-corrected chi connectivity index (χ0v) is 15.1. The number of halogens is 2. The van der Waals surface area contributed by atoms with Crippen LogP contribution in [0.25, 0.3) is 11.5 Å². The van der Waals surface area contributed by atoms with E-state index < -0.39 is 5.91 Å². The summed E-state index contributed by atoms with van der Waals surface area (Å²) in [5.41, 5.74) is 3.54. The van der Waals surface area contributed by atoms with E-state index in [1.54, 1.807) is 30.3 Å². The van der Waals surface area contributed by atoms with Crippen molar-refractivity contribution >= 4 is 44.0 Å². The number of aromatic nitrogens is 2. The van der Waals surface area contributed by atoms with Crippen LogP contribution in [0.4, 0.5) is 0 Å². The SMILES string of the molecule is O=C(N/N=C/c1cc(Br)cc(Br)c1O)c1cc(-c2ccco2)[nH]n1. The number of hydrogen-bond acceptors (Lipinski definition) is 5. The van der Waals surface area contributed by atoms with Crippen LogP contribution in [-0.4, -0.2) is 27.4 Å². The third-order valence-corrected chi connectivity index (χ3v) is 4.09. The van der Waals surface area contributed by atoms with Gasteiger partial charge in [-0.05, 0) is 40.2 Å². The first-order valence-corrected chi connectivity index (χ1v) is 8.24. The molecule has 0 bridgehead atoms. The Bertz CT molecular complexity index is 904. The monoisotopic (exact) mass is 452 g/mol. The summed E-state index contributed by atoms with van der Waals surface area (Å²) in [6.45, 7) is 0. The molecule has 0 unspecified atom stereocenters. The normalized spacial score (nSPS) is 11.1. The van der Waals surface area contributed by atoms with Crippen molar-refractivity contribution in [3.05, 3.63) is 56.8 Å². The summed E-state index contributed by atoms with van der Waals surface area (Å²) in [6.07, 6.45) is 2.87. The summed E-state index contributed by atoms with van der Waals surface area (Å²) in [7, 11) is 0. The molecule has 9 heteroatoms. The number of carbonyl (C=O) groups is 1. The van der Waals surface area contributed by atoms with E-state index >= 15 is 0 Å².